The van der Waals surface area contributed by atoms with Gasteiger partial charge in [0.1, 0.15) is 0 Å². The summed E-state index contributed by atoms with van der Waals surface area (Å²) < 4.78 is 10.6. The van der Waals surface area contributed by atoms with Crippen LogP contribution in [0.3, 0.4) is 0 Å². The Hall–Kier alpha value is -1.16. The number of hydrogen-bond donors (Lipinski definition) is 0. The summed E-state index contributed by atoms with van der Waals surface area (Å²) in [5.41, 5.74) is 0. The molecule has 86 valence electrons. The molecule has 0 spiro atoms. The zero-order valence-corrected chi connectivity index (χ0v) is 9.26. The highest BCUT2D eigenvalue weighted by Crippen LogP contribution is 2.24. The van der Waals surface area contributed by atoms with Crippen molar-refractivity contribution in [3.05, 3.63) is 23.9 Å². The van der Waals surface area contributed by atoms with E-state index in [-0.39, 0.29) is 0 Å². The fourth-order valence-corrected chi connectivity index (χ4v) is 2.34. The Labute approximate surface area is 94.7 Å². The maximum Gasteiger partial charge on any atom is 0.227 e. The Bertz CT molecular complexity index is 380. The lowest BCUT2D eigenvalue weighted by molar-refractivity contribution is 0.192. The molecule has 0 amide bonds. The van der Waals surface area contributed by atoms with E-state index in [4.69, 9.17) is 9.26 Å². The van der Waals surface area contributed by atoms with Gasteiger partial charge in [-0.2, -0.15) is 4.98 Å². The first kappa shape index (κ1) is 10.0. The van der Waals surface area contributed by atoms with Gasteiger partial charge in [-0.3, -0.25) is 0 Å². The molecule has 3 rings (SSSR count). The van der Waals surface area contributed by atoms with E-state index in [0.29, 0.717) is 11.8 Å². The van der Waals surface area contributed by atoms with Crippen LogP contribution in [-0.4, -0.2) is 23.4 Å². The van der Waals surface area contributed by atoms with E-state index in [2.05, 4.69) is 22.3 Å². The Balaban J connectivity index is 1.65. The average Bonchev–Trinajstić information content (AvgIpc) is 2.99. The third-order valence-electron chi connectivity index (χ3n) is 3.33. The summed E-state index contributed by atoms with van der Waals surface area (Å²) in [6.45, 7) is 1.56. The first-order valence-corrected chi connectivity index (χ1v) is 5.99. The molecular formula is C12H16N2O2. The Morgan fingerprint density at radius 2 is 2.38 bits per heavy atom. The molecule has 1 saturated heterocycles. The second-order valence-corrected chi connectivity index (χ2v) is 4.58. The number of rotatable bonds is 3. The van der Waals surface area contributed by atoms with Crippen LogP contribution in [0.2, 0.25) is 0 Å². The number of hydrogen-bond acceptors (Lipinski definition) is 4. The van der Waals surface area contributed by atoms with Crippen LogP contribution in [0.25, 0.3) is 0 Å². The third-order valence-corrected chi connectivity index (χ3v) is 3.33. The zero-order valence-electron chi connectivity index (χ0n) is 9.26. The van der Waals surface area contributed by atoms with Gasteiger partial charge in [0.15, 0.2) is 5.82 Å². The maximum atomic E-state index is 5.32. The molecule has 4 nitrogen and oxygen atoms in total. The summed E-state index contributed by atoms with van der Waals surface area (Å²) in [7, 11) is 0. The summed E-state index contributed by atoms with van der Waals surface area (Å²) in [5.74, 6) is 2.54. The summed E-state index contributed by atoms with van der Waals surface area (Å²) in [5, 5.41) is 4.05. The smallest absolute Gasteiger partial charge is 0.227 e. The van der Waals surface area contributed by atoms with Crippen LogP contribution in [0.1, 0.15) is 36.9 Å². The van der Waals surface area contributed by atoms with Crippen molar-refractivity contribution in [2.75, 3.05) is 13.2 Å². The van der Waals surface area contributed by atoms with Gasteiger partial charge in [0.25, 0.3) is 0 Å². The largest absolute Gasteiger partial charge is 0.381 e. The van der Waals surface area contributed by atoms with Crippen molar-refractivity contribution in [1.29, 1.82) is 0 Å². The minimum absolute atomic E-state index is 0.344. The van der Waals surface area contributed by atoms with Crippen LogP contribution in [0.5, 0.6) is 0 Å². The van der Waals surface area contributed by atoms with Crippen LogP contribution >= 0.6 is 0 Å². The van der Waals surface area contributed by atoms with E-state index in [9.17, 15) is 0 Å². The Morgan fingerprint density at radius 3 is 3.12 bits per heavy atom. The SMILES string of the molecule is C1=C[C@@H](Cc2nc([C@@H]3CCOC3)no2)CC1. The minimum atomic E-state index is 0.344. The van der Waals surface area contributed by atoms with E-state index < -0.39 is 0 Å². The molecule has 0 unspecified atom stereocenters. The molecule has 2 aliphatic rings. The Morgan fingerprint density at radius 1 is 1.38 bits per heavy atom. The number of ether oxygens (including phenoxy) is 1. The average molecular weight is 220 g/mol. The van der Waals surface area contributed by atoms with Gasteiger partial charge in [0, 0.05) is 18.9 Å². The van der Waals surface area contributed by atoms with Crippen LogP contribution in [0.15, 0.2) is 16.7 Å². The minimum Gasteiger partial charge on any atom is -0.381 e. The van der Waals surface area contributed by atoms with Crippen molar-refractivity contribution in [2.24, 2.45) is 5.92 Å². The predicted molar refractivity (Wildman–Crippen MR) is 58.0 cm³/mol. The normalized spacial score (nSPS) is 29.0. The van der Waals surface area contributed by atoms with E-state index in [1.54, 1.807) is 0 Å². The molecule has 2 atom stereocenters. The molecule has 1 aliphatic heterocycles. The molecule has 0 saturated carbocycles. The molecule has 16 heavy (non-hydrogen) atoms. The highest BCUT2D eigenvalue weighted by Gasteiger charge is 2.23. The van der Waals surface area contributed by atoms with Gasteiger partial charge in [-0.25, -0.2) is 0 Å². The predicted octanol–water partition coefficient (Wildman–Crippen LogP) is 2.08. The van der Waals surface area contributed by atoms with Gasteiger partial charge >= 0.3 is 0 Å². The Kier molecular flexibility index (Phi) is 2.74. The first-order chi connectivity index (χ1) is 7.92. The fraction of sp³-hybridized carbons (Fsp3) is 0.667. The molecule has 1 aromatic rings. The lowest BCUT2D eigenvalue weighted by Crippen LogP contribution is -2.01. The lowest BCUT2D eigenvalue weighted by atomic mass is 10.1. The van der Waals surface area contributed by atoms with E-state index in [1.807, 2.05) is 0 Å². The van der Waals surface area contributed by atoms with Gasteiger partial charge in [-0.05, 0) is 25.2 Å². The topological polar surface area (TPSA) is 48.2 Å². The van der Waals surface area contributed by atoms with Gasteiger partial charge in [0.05, 0.1) is 6.61 Å². The number of allylic oxidation sites excluding steroid dienone is 2. The van der Waals surface area contributed by atoms with Gasteiger partial charge < -0.3 is 9.26 Å². The van der Waals surface area contributed by atoms with Crippen molar-refractivity contribution in [2.45, 2.75) is 31.6 Å². The van der Waals surface area contributed by atoms with Crippen LogP contribution in [0, 0.1) is 5.92 Å². The molecule has 0 radical (unpaired) electrons. The third kappa shape index (κ3) is 2.02. The lowest BCUT2D eigenvalue weighted by Gasteiger charge is -2.01. The van der Waals surface area contributed by atoms with E-state index in [0.717, 1.165) is 37.8 Å². The molecule has 1 aromatic heterocycles. The zero-order chi connectivity index (χ0) is 10.8. The summed E-state index contributed by atoms with van der Waals surface area (Å²) in [6.07, 6.45) is 8.78. The molecule has 0 bridgehead atoms. The first-order valence-electron chi connectivity index (χ1n) is 5.99. The summed E-state index contributed by atoms with van der Waals surface area (Å²) in [4.78, 5) is 4.46. The molecule has 2 heterocycles. The van der Waals surface area contributed by atoms with Gasteiger partial charge in [-0.15, -0.1) is 0 Å². The van der Waals surface area contributed by atoms with Crippen molar-refractivity contribution in [3.63, 3.8) is 0 Å². The quantitative estimate of drug-likeness (QED) is 0.732. The van der Waals surface area contributed by atoms with Crippen LogP contribution in [0.4, 0.5) is 0 Å². The van der Waals surface area contributed by atoms with Crippen LogP contribution in [-0.2, 0) is 11.2 Å². The van der Waals surface area contributed by atoms with Gasteiger partial charge in [-0.1, -0.05) is 17.3 Å². The second-order valence-electron chi connectivity index (χ2n) is 4.58. The monoisotopic (exact) mass is 220 g/mol. The molecule has 1 fully saturated rings. The molecular weight excluding hydrogens is 204 g/mol. The fourth-order valence-electron chi connectivity index (χ4n) is 2.34. The molecule has 0 aromatic carbocycles. The van der Waals surface area contributed by atoms with Crippen LogP contribution < -0.4 is 0 Å². The maximum absolute atomic E-state index is 5.32. The highest BCUT2D eigenvalue weighted by atomic mass is 16.5. The van der Waals surface area contributed by atoms with Crippen molar-refractivity contribution < 1.29 is 9.26 Å². The number of nitrogens with zero attached hydrogens (tertiary/aromatic N) is 2. The molecule has 1 aliphatic carbocycles. The number of aromatic nitrogens is 2. The second kappa shape index (κ2) is 4.37. The highest BCUT2D eigenvalue weighted by molar-refractivity contribution is 5.02. The molecule has 4 heteroatoms. The summed E-state index contributed by atoms with van der Waals surface area (Å²) >= 11 is 0. The van der Waals surface area contributed by atoms with E-state index in [1.165, 1.54) is 12.8 Å². The van der Waals surface area contributed by atoms with Crippen molar-refractivity contribution in [3.8, 4) is 0 Å². The molecule has 0 N–H and O–H groups in total. The van der Waals surface area contributed by atoms with Crippen molar-refractivity contribution in [1.82, 2.24) is 10.1 Å². The summed E-state index contributed by atoms with van der Waals surface area (Å²) in [6, 6.07) is 0. The van der Waals surface area contributed by atoms with E-state index >= 15 is 0 Å². The standard InChI is InChI=1S/C12H16N2O2/c1-2-4-9(3-1)7-11-13-12(14-16-11)10-5-6-15-8-10/h1,3,9-10H,2,4-8H2/t9-,10-/m1/s1. The van der Waals surface area contributed by atoms with Gasteiger partial charge in [0.2, 0.25) is 5.89 Å². The van der Waals surface area contributed by atoms with Crippen molar-refractivity contribution >= 4 is 0 Å².